The van der Waals surface area contributed by atoms with Gasteiger partial charge in [-0.2, -0.15) is 9.50 Å². The Bertz CT molecular complexity index is 1530. The van der Waals surface area contributed by atoms with Crippen LogP contribution < -0.4 is 11.1 Å². The number of hydrogen-bond donors (Lipinski definition) is 2. The average Bonchev–Trinajstić information content (AvgIpc) is 3.63. The standard InChI is InChI=1S/C29H27N7/c30-29(16-6-17-29)21-12-10-20(11-13-21)25-24(19-7-2-1-3-8-19)27(32-22-14-15-22)36-28(33-25)34-26(35-36)23-9-4-5-18-31-23/h1-5,7-13,18,22,32H,6,14-17,30H2. The second-order valence-corrected chi connectivity index (χ2v) is 9.92. The zero-order valence-electron chi connectivity index (χ0n) is 19.9. The highest BCUT2D eigenvalue weighted by Gasteiger charge is 2.34. The van der Waals surface area contributed by atoms with Crippen LogP contribution in [0.4, 0.5) is 5.82 Å². The molecule has 3 N–H and O–H groups in total. The third-order valence-electron chi connectivity index (χ3n) is 7.34. The fourth-order valence-corrected chi connectivity index (χ4v) is 4.95. The highest BCUT2D eigenvalue weighted by molar-refractivity contribution is 5.90. The molecule has 7 heteroatoms. The number of benzene rings is 2. The molecular weight excluding hydrogens is 446 g/mol. The van der Waals surface area contributed by atoms with Gasteiger partial charge in [0.2, 0.25) is 5.82 Å². The maximum absolute atomic E-state index is 6.60. The first-order chi connectivity index (χ1) is 17.7. The predicted molar refractivity (Wildman–Crippen MR) is 141 cm³/mol. The molecular formula is C29H27N7. The van der Waals surface area contributed by atoms with E-state index in [1.54, 1.807) is 6.20 Å². The summed E-state index contributed by atoms with van der Waals surface area (Å²) >= 11 is 0. The first-order valence-corrected chi connectivity index (χ1v) is 12.6. The van der Waals surface area contributed by atoms with Gasteiger partial charge in [-0.05, 0) is 55.4 Å². The van der Waals surface area contributed by atoms with Crippen LogP contribution in [0, 0.1) is 0 Å². The zero-order valence-corrected chi connectivity index (χ0v) is 19.9. The summed E-state index contributed by atoms with van der Waals surface area (Å²) in [5.41, 5.74) is 12.3. The van der Waals surface area contributed by atoms with Gasteiger partial charge in [-0.15, -0.1) is 5.10 Å². The summed E-state index contributed by atoms with van der Waals surface area (Å²) in [5, 5.41) is 8.59. The summed E-state index contributed by atoms with van der Waals surface area (Å²) < 4.78 is 1.84. The zero-order chi connectivity index (χ0) is 24.1. The van der Waals surface area contributed by atoms with Gasteiger partial charge in [0.25, 0.3) is 5.78 Å². The molecule has 0 aliphatic heterocycles. The molecule has 0 amide bonds. The molecule has 0 spiro atoms. The molecule has 2 aliphatic rings. The van der Waals surface area contributed by atoms with Crippen molar-refractivity contribution in [3.8, 4) is 33.9 Å². The quantitative estimate of drug-likeness (QED) is 0.341. The molecule has 3 heterocycles. The van der Waals surface area contributed by atoms with Crippen molar-refractivity contribution < 1.29 is 0 Å². The normalized spacial score (nSPS) is 16.6. The smallest absolute Gasteiger partial charge is 0.255 e. The summed E-state index contributed by atoms with van der Waals surface area (Å²) in [5.74, 6) is 2.02. The highest BCUT2D eigenvalue weighted by Crippen LogP contribution is 2.42. The highest BCUT2D eigenvalue weighted by atomic mass is 15.4. The molecule has 0 unspecified atom stereocenters. The van der Waals surface area contributed by atoms with Crippen molar-refractivity contribution >= 4 is 11.6 Å². The van der Waals surface area contributed by atoms with E-state index in [1.807, 2.05) is 28.8 Å². The van der Waals surface area contributed by atoms with E-state index >= 15 is 0 Å². The minimum atomic E-state index is -0.193. The number of nitrogens with one attached hydrogen (secondary N) is 1. The predicted octanol–water partition coefficient (Wildman–Crippen LogP) is 5.43. The van der Waals surface area contributed by atoms with Gasteiger partial charge >= 0.3 is 0 Å². The number of aromatic nitrogens is 5. The van der Waals surface area contributed by atoms with Crippen molar-refractivity contribution in [3.63, 3.8) is 0 Å². The second-order valence-electron chi connectivity index (χ2n) is 9.92. The van der Waals surface area contributed by atoms with E-state index in [9.17, 15) is 0 Å². The lowest BCUT2D eigenvalue weighted by Gasteiger charge is -2.38. The third-order valence-corrected chi connectivity index (χ3v) is 7.34. The Kier molecular flexibility index (Phi) is 4.85. The number of hydrogen-bond acceptors (Lipinski definition) is 6. The third kappa shape index (κ3) is 3.63. The van der Waals surface area contributed by atoms with Crippen LogP contribution in [0.3, 0.4) is 0 Å². The second kappa shape index (κ2) is 8.24. The Morgan fingerprint density at radius 2 is 1.64 bits per heavy atom. The molecule has 7 nitrogen and oxygen atoms in total. The lowest BCUT2D eigenvalue weighted by molar-refractivity contribution is 0.253. The molecule has 7 rings (SSSR count). The van der Waals surface area contributed by atoms with Gasteiger partial charge in [-0.25, -0.2) is 4.98 Å². The topological polar surface area (TPSA) is 94.0 Å². The Morgan fingerprint density at radius 3 is 2.31 bits per heavy atom. The van der Waals surface area contributed by atoms with Crippen LogP contribution in [-0.4, -0.2) is 30.6 Å². The van der Waals surface area contributed by atoms with E-state index in [0.717, 1.165) is 59.6 Å². The number of rotatable bonds is 6. The van der Waals surface area contributed by atoms with E-state index in [2.05, 4.69) is 58.8 Å². The number of nitrogens with two attached hydrogens (primary N) is 1. The van der Waals surface area contributed by atoms with Gasteiger partial charge in [0.05, 0.1) is 11.3 Å². The van der Waals surface area contributed by atoms with Crippen molar-refractivity contribution in [1.29, 1.82) is 0 Å². The number of anilines is 1. The summed E-state index contributed by atoms with van der Waals surface area (Å²) in [6, 6.07) is 25.2. The summed E-state index contributed by atoms with van der Waals surface area (Å²) in [4.78, 5) is 14.3. The summed E-state index contributed by atoms with van der Waals surface area (Å²) in [6.45, 7) is 0. The molecule has 0 bridgehead atoms. The number of nitrogens with zero attached hydrogens (tertiary/aromatic N) is 5. The van der Waals surface area contributed by atoms with Crippen LogP contribution in [-0.2, 0) is 5.54 Å². The van der Waals surface area contributed by atoms with Gasteiger partial charge in [0, 0.05) is 23.3 Å². The van der Waals surface area contributed by atoms with Crippen LogP contribution >= 0.6 is 0 Å². The molecule has 5 aromatic rings. The fraction of sp³-hybridized carbons (Fsp3) is 0.241. The van der Waals surface area contributed by atoms with E-state index in [-0.39, 0.29) is 5.54 Å². The molecule has 36 heavy (non-hydrogen) atoms. The first kappa shape index (κ1) is 21.2. The van der Waals surface area contributed by atoms with E-state index in [4.69, 9.17) is 20.8 Å². The van der Waals surface area contributed by atoms with E-state index in [0.29, 0.717) is 17.6 Å². The molecule has 3 aromatic heterocycles. The van der Waals surface area contributed by atoms with Gasteiger partial charge in [0.1, 0.15) is 11.5 Å². The van der Waals surface area contributed by atoms with Crippen LogP contribution in [0.15, 0.2) is 79.0 Å². The molecule has 178 valence electrons. The molecule has 2 aliphatic carbocycles. The lowest BCUT2D eigenvalue weighted by Crippen LogP contribution is -2.43. The minimum absolute atomic E-state index is 0.193. The maximum atomic E-state index is 6.60. The molecule has 0 atom stereocenters. The van der Waals surface area contributed by atoms with E-state index in [1.165, 1.54) is 12.0 Å². The van der Waals surface area contributed by atoms with Crippen LogP contribution in [0.1, 0.15) is 37.7 Å². The van der Waals surface area contributed by atoms with Crippen molar-refractivity contribution in [1.82, 2.24) is 24.6 Å². The summed E-state index contributed by atoms with van der Waals surface area (Å²) in [6.07, 6.45) is 7.31. The Labute approximate surface area is 209 Å². The summed E-state index contributed by atoms with van der Waals surface area (Å²) in [7, 11) is 0. The van der Waals surface area contributed by atoms with Crippen LogP contribution in [0.2, 0.25) is 0 Å². The molecule has 2 aromatic carbocycles. The number of pyridine rings is 1. The Hall–Kier alpha value is -4.10. The maximum Gasteiger partial charge on any atom is 0.255 e. The minimum Gasteiger partial charge on any atom is -0.367 e. The SMILES string of the molecule is NC1(c2ccc(-c3nc4nc(-c5ccccn5)nn4c(NC4CC4)c3-c3ccccc3)cc2)CCC1. The Morgan fingerprint density at radius 1 is 0.861 bits per heavy atom. The van der Waals surface area contributed by atoms with Crippen molar-refractivity contribution in [2.75, 3.05) is 5.32 Å². The van der Waals surface area contributed by atoms with Crippen molar-refractivity contribution in [3.05, 3.63) is 84.6 Å². The van der Waals surface area contributed by atoms with E-state index < -0.39 is 0 Å². The van der Waals surface area contributed by atoms with Gasteiger partial charge in [0.15, 0.2) is 0 Å². The van der Waals surface area contributed by atoms with Gasteiger partial charge in [-0.1, -0.05) is 60.7 Å². The molecule has 2 saturated carbocycles. The van der Waals surface area contributed by atoms with Crippen LogP contribution in [0.25, 0.3) is 39.7 Å². The Balaban J connectivity index is 1.46. The molecule has 2 fully saturated rings. The molecule has 0 saturated heterocycles. The first-order valence-electron chi connectivity index (χ1n) is 12.6. The average molecular weight is 474 g/mol. The van der Waals surface area contributed by atoms with Gasteiger partial charge < -0.3 is 11.1 Å². The monoisotopic (exact) mass is 473 g/mol. The fourth-order valence-electron chi connectivity index (χ4n) is 4.95. The van der Waals surface area contributed by atoms with Crippen molar-refractivity contribution in [2.24, 2.45) is 5.73 Å². The largest absolute Gasteiger partial charge is 0.367 e. The van der Waals surface area contributed by atoms with Gasteiger partial charge in [-0.3, -0.25) is 4.98 Å². The molecule has 0 radical (unpaired) electrons. The van der Waals surface area contributed by atoms with Crippen LogP contribution in [0.5, 0.6) is 0 Å². The number of fused-ring (bicyclic) bond motifs is 1. The van der Waals surface area contributed by atoms with Crippen molar-refractivity contribution in [2.45, 2.75) is 43.7 Å². The lowest BCUT2D eigenvalue weighted by atomic mass is 9.72.